The molecule has 8 heteroatoms. The standard InChI is InChI=1S/C30H35NO7.2C2H6/c1-6-33-21-11-9-20(10-12-21)31-30-18(4)28(22-15-24-25(37-17-36-24)16-23(22)38-30)19-13-26(32-5)29(35-8-3)27(14-19)34-7-2;2*1-2/h9-16,18,28,30-31H,6-8,17H2,1-5H3;2*1-2H3. The van der Waals surface area contributed by atoms with E-state index in [1.54, 1.807) is 7.11 Å². The summed E-state index contributed by atoms with van der Waals surface area (Å²) in [4.78, 5) is 0. The minimum atomic E-state index is -0.320. The molecule has 0 bridgehead atoms. The fraction of sp³-hybridized carbons (Fsp3) is 0.471. The number of methoxy groups -OCH3 is 1. The van der Waals surface area contributed by atoms with Gasteiger partial charge < -0.3 is 38.5 Å². The lowest BCUT2D eigenvalue weighted by Gasteiger charge is -2.39. The van der Waals surface area contributed by atoms with Gasteiger partial charge in [-0.2, -0.15) is 0 Å². The first-order valence-electron chi connectivity index (χ1n) is 15.1. The molecule has 3 unspecified atom stereocenters. The number of hydrogen-bond donors (Lipinski definition) is 1. The van der Waals surface area contributed by atoms with Crippen molar-refractivity contribution < 1.29 is 33.2 Å². The molecule has 0 saturated heterocycles. The van der Waals surface area contributed by atoms with Gasteiger partial charge in [0.25, 0.3) is 0 Å². The molecule has 3 aromatic rings. The van der Waals surface area contributed by atoms with E-state index in [4.69, 9.17) is 33.2 Å². The first kappa shape index (κ1) is 32.6. The minimum Gasteiger partial charge on any atom is -0.494 e. The van der Waals surface area contributed by atoms with E-state index in [9.17, 15) is 0 Å². The Labute approximate surface area is 251 Å². The highest BCUT2D eigenvalue weighted by Gasteiger charge is 2.39. The van der Waals surface area contributed by atoms with Crippen LogP contribution in [0.3, 0.4) is 0 Å². The summed E-state index contributed by atoms with van der Waals surface area (Å²) in [6, 6.07) is 15.9. The van der Waals surface area contributed by atoms with Crippen molar-refractivity contribution >= 4 is 5.69 Å². The zero-order chi connectivity index (χ0) is 30.6. The molecule has 0 saturated carbocycles. The van der Waals surface area contributed by atoms with Gasteiger partial charge in [-0.3, -0.25) is 0 Å². The largest absolute Gasteiger partial charge is 0.494 e. The summed E-state index contributed by atoms with van der Waals surface area (Å²) in [5.41, 5.74) is 2.98. The van der Waals surface area contributed by atoms with Crippen LogP contribution in [0.1, 0.15) is 72.4 Å². The molecular formula is C34H47NO7. The van der Waals surface area contributed by atoms with Gasteiger partial charge >= 0.3 is 0 Å². The molecular weight excluding hydrogens is 534 g/mol. The van der Waals surface area contributed by atoms with Gasteiger partial charge in [0.05, 0.1) is 26.9 Å². The summed E-state index contributed by atoms with van der Waals surface area (Å²) < 4.78 is 41.2. The Kier molecular flexibility index (Phi) is 12.3. The van der Waals surface area contributed by atoms with Crippen LogP contribution in [-0.4, -0.2) is 40.0 Å². The number of benzene rings is 3. The predicted molar refractivity (Wildman–Crippen MR) is 167 cm³/mol. The van der Waals surface area contributed by atoms with Gasteiger partial charge in [-0.25, -0.2) is 0 Å². The maximum Gasteiger partial charge on any atom is 0.231 e. The zero-order valence-electron chi connectivity index (χ0n) is 26.5. The van der Waals surface area contributed by atoms with Gasteiger partial charge in [0.1, 0.15) is 11.5 Å². The van der Waals surface area contributed by atoms with E-state index in [0.717, 1.165) is 28.3 Å². The van der Waals surface area contributed by atoms with Gasteiger partial charge in [0.15, 0.2) is 29.2 Å². The molecule has 0 spiro atoms. The monoisotopic (exact) mass is 581 g/mol. The van der Waals surface area contributed by atoms with Gasteiger partial charge in [-0.1, -0.05) is 34.6 Å². The number of ether oxygens (including phenoxy) is 7. The van der Waals surface area contributed by atoms with Gasteiger partial charge in [0.2, 0.25) is 12.5 Å². The van der Waals surface area contributed by atoms with Crippen molar-refractivity contribution in [2.24, 2.45) is 5.92 Å². The topological polar surface area (TPSA) is 76.6 Å². The SMILES string of the molecule is CC.CC.CCOc1ccc(NC2Oc3cc4c(cc3C(c3cc(OC)c(OCC)c(OCC)c3)C2C)OCO4)cc1. The third kappa shape index (κ3) is 7.09. The summed E-state index contributed by atoms with van der Waals surface area (Å²) in [7, 11) is 1.65. The van der Waals surface area contributed by atoms with Crippen molar-refractivity contribution in [1.82, 2.24) is 0 Å². The first-order valence-corrected chi connectivity index (χ1v) is 15.1. The molecule has 2 aliphatic heterocycles. The second-order valence-electron chi connectivity index (χ2n) is 9.14. The van der Waals surface area contributed by atoms with Gasteiger partial charge in [0, 0.05) is 29.2 Å². The average molecular weight is 582 g/mol. The number of nitrogens with one attached hydrogen (secondary N) is 1. The fourth-order valence-corrected chi connectivity index (χ4v) is 5.09. The van der Waals surface area contributed by atoms with E-state index in [1.807, 2.05) is 97.0 Å². The summed E-state index contributed by atoms with van der Waals surface area (Å²) in [5.74, 6) is 4.81. The van der Waals surface area contributed by atoms with E-state index in [-0.39, 0.29) is 24.9 Å². The summed E-state index contributed by atoms with van der Waals surface area (Å²) in [6.45, 7) is 17.9. The van der Waals surface area contributed by atoms with E-state index in [2.05, 4.69) is 12.2 Å². The lowest BCUT2D eigenvalue weighted by molar-refractivity contribution is 0.134. The van der Waals surface area contributed by atoms with Crippen molar-refractivity contribution in [2.45, 2.75) is 67.5 Å². The maximum absolute atomic E-state index is 6.53. The van der Waals surface area contributed by atoms with Gasteiger partial charge in [-0.15, -0.1) is 0 Å². The molecule has 0 amide bonds. The molecule has 0 fully saturated rings. The normalized spacial score (nSPS) is 17.7. The molecule has 3 aromatic carbocycles. The predicted octanol–water partition coefficient (Wildman–Crippen LogP) is 8.27. The molecule has 0 aliphatic carbocycles. The number of fused-ring (bicyclic) bond motifs is 2. The lowest BCUT2D eigenvalue weighted by atomic mass is 9.78. The highest BCUT2D eigenvalue weighted by atomic mass is 16.7. The molecule has 2 heterocycles. The Hall–Kier alpha value is -3.94. The molecule has 3 atom stereocenters. The Morgan fingerprint density at radius 1 is 0.762 bits per heavy atom. The Morgan fingerprint density at radius 3 is 2.00 bits per heavy atom. The second-order valence-corrected chi connectivity index (χ2v) is 9.14. The van der Waals surface area contributed by atoms with Crippen molar-refractivity contribution in [3.63, 3.8) is 0 Å². The van der Waals surface area contributed by atoms with Crippen molar-refractivity contribution in [1.29, 1.82) is 0 Å². The van der Waals surface area contributed by atoms with Crippen LogP contribution >= 0.6 is 0 Å². The number of rotatable bonds is 10. The quantitative estimate of drug-likeness (QED) is 0.256. The Morgan fingerprint density at radius 2 is 1.38 bits per heavy atom. The molecule has 2 aliphatic rings. The molecule has 8 nitrogen and oxygen atoms in total. The first-order chi connectivity index (χ1) is 20.6. The zero-order valence-corrected chi connectivity index (χ0v) is 26.5. The lowest BCUT2D eigenvalue weighted by Crippen LogP contribution is -2.40. The number of anilines is 1. The molecule has 42 heavy (non-hydrogen) atoms. The van der Waals surface area contributed by atoms with E-state index in [1.165, 1.54) is 0 Å². The highest BCUT2D eigenvalue weighted by Crippen LogP contribution is 2.51. The molecule has 230 valence electrons. The molecule has 0 aromatic heterocycles. The van der Waals surface area contributed by atoms with Crippen molar-refractivity contribution in [3.8, 4) is 40.2 Å². The van der Waals surface area contributed by atoms with Crippen molar-refractivity contribution in [3.05, 3.63) is 59.7 Å². The molecule has 5 rings (SSSR count). The summed E-state index contributed by atoms with van der Waals surface area (Å²) >= 11 is 0. The third-order valence-corrected chi connectivity index (χ3v) is 6.78. The van der Waals surface area contributed by atoms with Crippen LogP contribution in [-0.2, 0) is 0 Å². The Balaban J connectivity index is 0.00000116. The molecule has 1 N–H and O–H groups in total. The number of hydrogen-bond acceptors (Lipinski definition) is 8. The maximum atomic E-state index is 6.53. The van der Waals surface area contributed by atoms with Crippen LogP contribution in [0.5, 0.6) is 40.2 Å². The van der Waals surface area contributed by atoms with Crippen LogP contribution in [0.25, 0.3) is 0 Å². The van der Waals surface area contributed by atoms with E-state index < -0.39 is 0 Å². The highest BCUT2D eigenvalue weighted by molar-refractivity contribution is 5.60. The van der Waals surface area contributed by atoms with Crippen molar-refractivity contribution in [2.75, 3.05) is 39.0 Å². The van der Waals surface area contributed by atoms with E-state index >= 15 is 0 Å². The van der Waals surface area contributed by atoms with Crippen LogP contribution in [0.2, 0.25) is 0 Å². The van der Waals surface area contributed by atoms with Crippen LogP contribution in [0.4, 0.5) is 5.69 Å². The molecule has 0 radical (unpaired) electrons. The Bertz CT molecular complexity index is 1260. The second kappa shape index (κ2) is 15.9. The fourth-order valence-electron chi connectivity index (χ4n) is 5.09. The smallest absolute Gasteiger partial charge is 0.231 e. The minimum absolute atomic E-state index is 0.0200. The summed E-state index contributed by atoms with van der Waals surface area (Å²) in [6.07, 6.45) is -0.320. The van der Waals surface area contributed by atoms with E-state index in [0.29, 0.717) is 48.6 Å². The van der Waals surface area contributed by atoms with Crippen LogP contribution < -0.4 is 38.5 Å². The summed E-state index contributed by atoms with van der Waals surface area (Å²) in [5, 5.41) is 3.57. The third-order valence-electron chi connectivity index (χ3n) is 6.78. The van der Waals surface area contributed by atoms with Crippen LogP contribution in [0, 0.1) is 5.92 Å². The van der Waals surface area contributed by atoms with Gasteiger partial charge in [-0.05, 0) is 68.8 Å². The van der Waals surface area contributed by atoms with Crippen LogP contribution in [0.15, 0.2) is 48.5 Å². The average Bonchev–Trinajstić information content (AvgIpc) is 3.48.